The van der Waals surface area contributed by atoms with Crippen molar-refractivity contribution in [2.45, 2.75) is 64.8 Å². The lowest BCUT2D eigenvalue weighted by molar-refractivity contribution is -0.134. The first kappa shape index (κ1) is 20.3. The molecule has 1 atom stereocenters. The number of carbonyl (C=O) groups is 1. The molecule has 2 saturated heterocycles. The van der Waals surface area contributed by atoms with Crippen molar-refractivity contribution in [3.05, 3.63) is 34.9 Å². The number of benzene rings is 1. The van der Waals surface area contributed by atoms with E-state index in [1.165, 1.54) is 29.5 Å². The summed E-state index contributed by atoms with van der Waals surface area (Å²) in [5.41, 5.74) is 10.3. The highest BCUT2D eigenvalue weighted by Gasteiger charge is 2.30. The number of likely N-dealkylation sites (tertiary alicyclic amines) is 1. The second kappa shape index (κ2) is 9.70. The summed E-state index contributed by atoms with van der Waals surface area (Å²) in [5, 5.41) is 3.45. The van der Waals surface area contributed by atoms with Crippen molar-refractivity contribution in [2.75, 3.05) is 26.2 Å². The van der Waals surface area contributed by atoms with Gasteiger partial charge in [0.25, 0.3) is 0 Å². The minimum Gasteiger partial charge on any atom is -0.341 e. The van der Waals surface area contributed by atoms with Crippen molar-refractivity contribution in [3.8, 4) is 0 Å². The summed E-state index contributed by atoms with van der Waals surface area (Å²) in [4.78, 5) is 14.9. The minimum atomic E-state index is -0.419. The van der Waals surface area contributed by atoms with E-state index in [9.17, 15) is 4.79 Å². The van der Waals surface area contributed by atoms with Gasteiger partial charge in [-0.05, 0) is 86.6 Å². The van der Waals surface area contributed by atoms with Crippen LogP contribution in [0, 0.1) is 11.8 Å². The Bertz CT molecular complexity index is 616. The number of rotatable bonds is 6. The molecule has 2 fully saturated rings. The topological polar surface area (TPSA) is 58.4 Å². The second-order valence-electron chi connectivity index (χ2n) is 8.37. The molecule has 2 heterocycles. The van der Waals surface area contributed by atoms with Gasteiger partial charge in [-0.25, -0.2) is 0 Å². The van der Waals surface area contributed by atoms with Gasteiger partial charge in [-0.1, -0.05) is 32.0 Å². The van der Waals surface area contributed by atoms with E-state index in [0.29, 0.717) is 6.42 Å². The van der Waals surface area contributed by atoms with Gasteiger partial charge < -0.3 is 16.0 Å². The first-order valence-corrected chi connectivity index (χ1v) is 11.0. The number of nitrogens with zero attached hydrogens (tertiary/aromatic N) is 1. The molecule has 1 aromatic rings. The van der Waals surface area contributed by atoms with Gasteiger partial charge in [-0.2, -0.15) is 0 Å². The highest BCUT2D eigenvalue weighted by molar-refractivity contribution is 5.82. The average molecular weight is 372 g/mol. The normalized spacial score (nSPS) is 20.6. The Morgan fingerprint density at radius 3 is 2.33 bits per heavy atom. The van der Waals surface area contributed by atoms with Gasteiger partial charge in [0.15, 0.2) is 0 Å². The summed E-state index contributed by atoms with van der Waals surface area (Å²) in [6.45, 7) is 8.47. The number of nitrogens with two attached hydrogens (primary N) is 1. The molecule has 1 amide bonds. The van der Waals surface area contributed by atoms with Crippen molar-refractivity contribution in [3.63, 3.8) is 0 Å². The molecule has 0 unspecified atom stereocenters. The van der Waals surface area contributed by atoms with Gasteiger partial charge in [-0.15, -0.1) is 0 Å². The van der Waals surface area contributed by atoms with Gasteiger partial charge in [0.05, 0.1) is 6.04 Å². The number of nitrogens with one attached hydrogen (secondary N) is 1. The van der Waals surface area contributed by atoms with Crippen LogP contribution in [0.4, 0.5) is 0 Å². The summed E-state index contributed by atoms with van der Waals surface area (Å²) < 4.78 is 0. The molecule has 0 spiro atoms. The van der Waals surface area contributed by atoms with Crippen LogP contribution in [0.2, 0.25) is 0 Å². The Morgan fingerprint density at radius 1 is 1.07 bits per heavy atom. The molecule has 4 nitrogen and oxygen atoms in total. The third kappa shape index (κ3) is 5.11. The quantitative estimate of drug-likeness (QED) is 0.808. The van der Waals surface area contributed by atoms with Crippen molar-refractivity contribution in [1.29, 1.82) is 0 Å². The number of hydrogen-bond acceptors (Lipinski definition) is 3. The lowest BCUT2D eigenvalue weighted by Gasteiger charge is -2.38. The number of carbonyl (C=O) groups excluding carboxylic acids is 1. The van der Waals surface area contributed by atoms with E-state index in [0.717, 1.165) is 63.7 Å². The molecule has 2 aliphatic rings. The lowest BCUT2D eigenvalue weighted by atomic mass is 9.79. The Morgan fingerprint density at radius 2 is 1.70 bits per heavy atom. The maximum absolute atomic E-state index is 12.9. The SMILES string of the molecule is CCc1ccc(C[C@@H](N)C(=O)N2CCC(C3CCNCC3)CC2)cc1CC. The van der Waals surface area contributed by atoms with Crippen molar-refractivity contribution in [1.82, 2.24) is 10.2 Å². The Hall–Kier alpha value is -1.39. The first-order valence-electron chi connectivity index (χ1n) is 11.0. The molecule has 2 aliphatic heterocycles. The molecule has 4 heteroatoms. The third-order valence-corrected chi connectivity index (χ3v) is 6.71. The van der Waals surface area contributed by atoms with E-state index < -0.39 is 6.04 Å². The van der Waals surface area contributed by atoms with Crippen molar-refractivity contribution >= 4 is 5.91 Å². The van der Waals surface area contributed by atoms with Gasteiger partial charge in [0.2, 0.25) is 5.91 Å². The monoisotopic (exact) mass is 371 g/mol. The summed E-state index contributed by atoms with van der Waals surface area (Å²) in [6, 6.07) is 6.18. The highest BCUT2D eigenvalue weighted by atomic mass is 16.2. The molecular weight excluding hydrogens is 334 g/mol. The van der Waals surface area contributed by atoms with Crippen LogP contribution >= 0.6 is 0 Å². The van der Waals surface area contributed by atoms with Crippen LogP contribution in [-0.4, -0.2) is 43.0 Å². The molecule has 0 bridgehead atoms. The molecule has 0 radical (unpaired) electrons. The van der Waals surface area contributed by atoms with Crippen LogP contribution in [0.3, 0.4) is 0 Å². The summed E-state index contributed by atoms with van der Waals surface area (Å²) in [5.74, 6) is 1.78. The summed E-state index contributed by atoms with van der Waals surface area (Å²) in [7, 11) is 0. The molecular formula is C23H37N3O. The maximum atomic E-state index is 12.9. The molecule has 0 aromatic heterocycles. The van der Waals surface area contributed by atoms with E-state index in [1.807, 2.05) is 4.90 Å². The molecule has 3 rings (SSSR count). The van der Waals surface area contributed by atoms with Crippen LogP contribution in [0.15, 0.2) is 18.2 Å². The maximum Gasteiger partial charge on any atom is 0.239 e. The lowest BCUT2D eigenvalue weighted by Crippen LogP contribution is -2.49. The van der Waals surface area contributed by atoms with Gasteiger partial charge in [-0.3, -0.25) is 4.79 Å². The number of amides is 1. The third-order valence-electron chi connectivity index (χ3n) is 6.71. The summed E-state index contributed by atoms with van der Waals surface area (Å²) >= 11 is 0. The number of hydrogen-bond donors (Lipinski definition) is 2. The molecule has 1 aromatic carbocycles. The number of aryl methyl sites for hydroxylation is 2. The van der Waals surface area contributed by atoms with Gasteiger partial charge in [0.1, 0.15) is 0 Å². The van der Waals surface area contributed by atoms with E-state index in [4.69, 9.17) is 5.73 Å². The van der Waals surface area contributed by atoms with Crippen molar-refractivity contribution < 1.29 is 4.79 Å². The fourth-order valence-corrected chi connectivity index (χ4v) is 4.96. The zero-order valence-electron chi connectivity index (χ0n) is 17.2. The van der Waals surface area contributed by atoms with Crippen LogP contribution in [0.5, 0.6) is 0 Å². The fraction of sp³-hybridized carbons (Fsp3) is 0.696. The fourth-order valence-electron chi connectivity index (χ4n) is 4.96. The average Bonchev–Trinajstić information content (AvgIpc) is 2.73. The van der Waals surface area contributed by atoms with Crippen LogP contribution < -0.4 is 11.1 Å². The van der Waals surface area contributed by atoms with E-state index >= 15 is 0 Å². The van der Waals surface area contributed by atoms with Crippen LogP contribution in [0.25, 0.3) is 0 Å². The Balaban J connectivity index is 1.52. The number of piperidine rings is 2. The molecule has 150 valence electrons. The first-order chi connectivity index (χ1) is 13.1. The molecule has 0 aliphatic carbocycles. The Labute approximate surface area is 164 Å². The molecule has 0 saturated carbocycles. The minimum absolute atomic E-state index is 0.136. The van der Waals surface area contributed by atoms with E-state index in [-0.39, 0.29) is 5.91 Å². The zero-order valence-corrected chi connectivity index (χ0v) is 17.2. The molecule has 27 heavy (non-hydrogen) atoms. The molecule has 3 N–H and O–H groups in total. The van der Waals surface area contributed by atoms with Crippen LogP contribution in [0.1, 0.15) is 56.2 Å². The van der Waals surface area contributed by atoms with Gasteiger partial charge in [0, 0.05) is 13.1 Å². The largest absolute Gasteiger partial charge is 0.341 e. The standard InChI is InChI=1S/C23H37N3O/c1-3-18-6-5-17(15-19(18)4-2)16-22(24)23(27)26-13-9-21(10-14-26)20-7-11-25-12-8-20/h5-6,15,20-22,25H,3-4,7-14,16,24H2,1-2H3/t22-/m1/s1. The Kier molecular flexibility index (Phi) is 7.31. The summed E-state index contributed by atoms with van der Waals surface area (Å²) in [6.07, 6.45) is 7.62. The zero-order chi connectivity index (χ0) is 19.2. The van der Waals surface area contributed by atoms with E-state index in [1.54, 1.807) is 0 Å². The van der Waals surface area contributed by atoms with Crippen LogP contribution in [-0.2, 0) is 24.1 Å². The predicted octanol–water partition coefficient (Wildman–Crippen LogP) is 2.92. The second-order valence-corrected chi connectivity index (χ2v) is 8.37. The smallest absolute Gasteiger partial charge is 0.239 e. The van der Waals surface area contributed by atoms with Crippen molar-refractivity contribution in [2.24, 2.45) is 17.6 Å². The predicted molar refractivity (Wildman–Crippen MR) is 112 cm³/mol. The highest BCUT2D eigenvalue weighted by Crippen LogP contribution is 2.31. The van der Waals surface area contributed by atoms with Gasteiger partial charge >= 0.3 is 0 Å². The van der Waals surface area contributed by atoms with E-state index in [2.05, 4.69) is 37.4 Å².